The van der Waals surface area contributed by atoms with Gasteiger partial charge in [0, 0.05) is 20.6 Å². The van der Waals surface area contributed by atoms with Crippen molar-refractivity contribution in [3.63, 3.8) is 0 Å². The summed E-state index contributed by atoms with van der Waals surface area (Å²) in [5, 5.41) is 20.6. The largest absolute Gasteiger partial charge is 0.364 e. The van der Waals surface area contributed by atoms with Crippen LogP contribution in [0, 0.1) is 5.82 Å². The van der Waals surface area contributed by atoms with E-state index in [1.165, 1.54) is 23.2 Å². The Balaban J connectivity index is 2.13. The predicted octanol–water partition coefficient (Wildman–Crippen LogP) is 0.836. The molecule has 0 amide bonds. The van der Waals surface area contributed by atoms with Gasteiger partial charge >= 0.3 is 0 Å². The Morgan fingerprint density at radius 3 is 2.78 bits per heavy atom. The monoisotopic (exact) mass is 465 g/mol. The van der Waals surface area contributed by atoms with E-state index in [1.54, 1.807) is 14.1 Å². The molecule has 0 atom stereocenters. The first-order chi connectivity index (χ1) is 12.7. The summed E-state index contributed by atoms with van der Waals surface area (Å²) in [6.45, 7) is -0.00874. The molecule has 0 aliphatic carbocycles. The molecule has 0 fully saturated rings. The second kappa shape index (κ2) is 9.18. The average Bonchev–Trinajstić information content (AvgIpc) is 3.02. The summed E-state index contributed by atoms with van der Waals surface area (Å²) in [7, 11) is -0.432. The molecule has 11 nitrogen and oxygen atoms in total. The fraction of sp³-hybridized carbons (Fsp3) is 0.308. The van der Waals surface area contributed by atoms with Crippen LogP contribution < -0.4 is 15.6 Å². The fourth-order valence-electron chi connectivity index (χ4n) is 1.90. The standard InChI is InChI=1S/C13H17BrFN7O4S/c1-22(2)21-27(24,25)6-5-16-12-11(19-26-20-12)13(18-23)17-8-3-4-10(15)9(14)7-8/h3-4,7,21,23H,5-6H2,1-2H3,(H,16,20)(H,17,18). The highest BCUT2D eigenvalue weighted by atomic mass is 79.9. The first kappa shape index (κ1) is 21.2. The Hall–Kier alpha value is -2.13. The number of anilines is 1. The summed E-state index contributed by atoms with van der Waals surface area (Å²) in [5.74, 6) is -0.782. The van der Waals surface area contributed by atoms with E-state index < -0.39 is 15.8 Å². The zero-order valence-electron chi connectivity index (χ0n) is 14.3. The minimum atomic E-state index is -3.53. The van der Waals surface area contributed by atoms with Crippen molar-refractivity contribution in [2.24, 2.45) is 4.99 Å². The van der Waals surface area contributed by atoms with Crippen LogP contribution in [-0.2, 0) is 10.0 Å². The lowest BCUT2D eigenvalue weighted by Gasteiger charge is -2.12. The average molecular weight is 466 g/mol. The van der Waals surface area contributed by atoms with Gasteiger partial charge in [0.25, 0.3) is 0 Å². The summed E-state index contributed by atoms with van der Waals surface area (Å²) in [5.41, 5.74) is 2.18. The van der Waals surface area contributed by atoms with E-state index in [4.69, 9.17) is 0 Å². The minimum absolute atomic E-state index is 0.00874. The molecule has 0 saturated heterocycles. The van der Waals surface area contributed by atoms with Crippen molar-refractivity contribution in [1.29, 1.82) is 0 Å². The lowest BCUT2D eigenvalue weighted by Crippen LogP contribution is -2.39. The maximum Gasteiger partial charge on any atom is 0.226 e. The van der Waals surface area contributed by atoms with Crippen LogP contribution in [0.1, 0.15) is 5.69 Å². The smallest absolute Gasteiger partial charge is 0.226 e. The fourth-order valence-corrected chi connectivity index (χ4v) is 3.29. The quantitative estimate of drug-likeness (QED) is 0.253. The molecular formula is C13H17BrFN7O4S. The van der Waals surface area contributed by atoms with Crippen LogP contribution in [0.4, 0.5) is 15.9 Å². The Kier molecular flexibility index (Phi) is 7.20. The minimum Gasteiger partial charge on any atom is -0.364 e. The van der Waals surface area contributed by atoms with E-state index in [2.05, 4.69) is 46.0 Å². The first-order valence-corrected chi connectivity index (χ1v) is 9.84. The predicted molar refractivity (Wildman–Crippen MR) is 98.6 cm³/mol. The molecule has 0 spiro atoms. The van der Waals surface area contributed by atoms with E-state index in [9.17, 15) is 18.0 Å². The lowest BCUT2D eigenvalue weighted by atomic mass is 10.3. The van der Waals surface area contributed by atoms with Gasteiger partial charge in [0.1, 0.15) is 5.82 Å². The number of sulfonamides is 1. The van der Waals surface area contributed by atoms with Crippen molar-refractivity contribution < 1.29 is 22.6 Å². The van der Waals surface area contributed by atoms with Crippen molar-refractivity contribution >= 4 is 43.3 Å². The van der Waals surface area contributed by atoms with Crippen molar-refractivity contribution in [3.8, 4) is 0 Å². The maximum absolute atomic E-state index is 13.3. The molecule has 4 N–H and O–H groups in total. The molecular weight excluding hydrogens is 449 g/mol. The number of amidine groups is 1. The molecule has 0 aliphatic heterocycles. The maximum atomic E-state index is 13.3. The van der Waals surface area contributed by atoms with E-state index in [0.717, 1.165) is 0 Å². The summed E-state index contributed by atoms with van der Waals surface area (Å²) < 4.78 is 41.7. The van der Waals surface area contributed by atoms with Gasteiger partial charge in [-0.3, -0.25) is 10.7 Å². The molecule has 0 radical (unpaired) electrons. The number of hydrogen-bond donors (Lipinski definition) is 4. The number of nitrogens with zero attached hydrogens (tertiary/aromatic N) is 4. The molecule has 27 heavy (non-hydrogen) atoms. The van der Waals surface area contributed by atoms with Gasteiger partial charge in [0.05, 0.1) is 15.9 Å². The van der Waals surface area contributed by atoms with Crippen LogP contribution in [-0.4, -0.2) is 61.2 Å². The van der Waals surface area contributed by atoms with Gasteiger partial charge in [-0.2, -0.15) is 0 Å². The highest BCUT2D eigenvalue weighted by Crippen LogP contribution is 2.23. The van der Waals surface area contributed by atoms with Crippen molar-refractivity contribution in [1.82, 2.24) is 25.6 Å². The van der Waals surface area contributed by atoms with Gasteiger partial charge in [-0.05, 0) is 44.4 Å². The number of rotatable bonds is 8. The van der Waals surface area contributed by atoms with Crippen LogP contribution in [0.25, 0.3) is 0 Å². The molecule has 14 heteroatoms. The van der Waals surface area contributed by atoms with Crippen LogP contribution in [0.2, 0.25) is 0 Å². The van der Waals surface area contributed by atoms with Gasteiger partial charge in [0.15, 0.2) is 11.5 Å². The summed E-state index contributed by atoms with van der Waals surface area (Å²) >= 11 is 3.04. The van der Waals surface area contributed by atoms with E-state index in [1.807, 2.05) is 5.48 Å². The number of hydrogen-bond acceptors (Lipinski definition) is 9. The van der Waals surface area contributed by atoms with Crippen LogP contribution in [0.5, 0.6) is 0 Å². The molecule has 1 aromatic carbocycles. The molecule has 0 bridgehead atoms. The number of hydrazine groups is 1. The molecule has 2 rings (SSSR count). The Morgan fingerprint density at radius 2 is 2.15 bits per heavy atom. The Morgan fingerprint density at radius 1 is 1.41 bits per heavy atom. The number of aromatic nitrogens is 2. The second-order valence-electron chi connectivity index (χ2n) is 5.36. The summed E-state index contributed by atoms with van der Waals surface area (Å²) in [4.78, 5) is 6.38. The molecule has 148 valence electrons. The van der Waals surface area contributed by atoms with Gasteiger partial charge < -0.3 is 5.32 Å². The molecule has 1 heterocycles. The van der Waals surface area contributed by atoms with Crippen LogP contribution >= 0.6 is 15.9 Å². The van der Waals surface area contributed by atoms with Gasteiger partial charge in [-0.1, -0.05) is 0 Å². The topological polar surface area (TPSA) is 145 Å². The van der Waals surface area contributed by atoms with Crippen LogP contribution in [0.3, 0.4) is 0 Å². The highest BCUT2D eigenvalue weighted by Gasteiger charge is 2.18. The van der Waals surface area contributed by atoms with Gasteiger partial charge in [0.2, 0.25) is 15.8 Å². The molecule has 1 aromatic heterocycles. The molecule has 2 aromatic rings. The first-order valence-electron chi connectivity index (χ1n) is 7.40. The molecule has 0 unspecified atom stereocenters. The van der Waals surface area contributed by atoms with E-state index in [0.29, 0.717) is 5.69 Å². The SMILES string of the molecule is CN(C)NS(=O)(=O)CCNc1nonc1C(=Nc1ccc(F)c(Br)c1)NO. The van der Waals surface area contributed by atoms with Crippen molar-refractivity contribution in [2.75, 3.05) is 31.7 Å². The van der Waals surface area contributed by atoms with E-state index >= 15 is 0 Å². The summed E-state index contributed by atoms with van der Waals surface area (Å²) in [6, 6.07) is 3.98. The van der Waals surface area contributed by atoms with Gasteiger partial charge in [-0.25, -0.2) is 27.4 Å². The third-order valence-electron chi connectivity index (χ3n) is 2.95. The Labute approximate surface area is 162 Å². The normalized spacial score (nSPS) is 12.4. The third kappa shape index (κ3) is 6.21. The number of benzene rings is 1. The van der Waals surface area contributed by atoms with Crippen molar-refractivity contribution in [3.05, 3.63) is 34.2 Å². The van der Waals surface area contributed by atoms with Crippen molar-refractivity contribution in [2.45, 2.75) is 0 Å². The molecule has 0 aliphatic rings. The molecule has 0 saturated carbocycles. The summed E-state index contributed by atoms with van der Waals surface area (Å²) in [6.07, 6.45) is 0. The van der Waals surface area contributed by atoms with E-state index in [-0.39, 0.29) is 34.1 Å². The third-order valence-corrected chi connectivity index (χ3v) is 4.94. The number of hydroxylamine groups is 1. The number of halogens is 2. The van der Waals surface area contributed by atoms with Gasteiger partial charge in [-0.15, -0.1) is 4.83 Å². The number of nitrogens with one attached hydrogen (secondary N) is 3. The second-order valence-corrected chi connectivity index (χ2v) is 8.04. The zero-order chi connectivity index (χ0) is 20.0. The van der Waals surface area contributed by atoms with Crippen LogP contribution in [0.15, 0.2) is 32.3 Å². The Bertz CT molecular complexity index is 919. The number of aliphatic imine (C=N–C) groups is 1. The lowest BCUT2D eigenvalue weighted by molar-refractivity contribution is 0.234. The highest BCUT2D eigenvalue weighted by molar-refractivity contribution is 9.10. The zero-order valence-corrected chi connectivity index (χ0v) is 16.7.